The lowest BCUT2D eigenvalue weighted by Gasteiger charge is -2.44. The van der Waals surface area contributed by atoms with E-state index in [1.165, 1.54) is 16.8 Å². The lowest BCUT2D eigenvalue weighted by Crippen LogP contribution is -2.54. The van der Waals surface area contributed by atoms with Crippen LogP contribution >= 0.6 is 0 Å². The normalized spacial score (nSPS) is 27.8. The molecule has 3 aliphatic rings. The van der Waals surface area contributed by atoms with Crippen LogP contribution in [0.5, 0.6) is 0 Å². The quantitative estimate of drug-likeness (QED) is 0.352. The highest BCUT2D eigenvalue weighted by molar-refractivity contribution is 6.74. The first-order valence-corrected chi connectivity index (χ1v) is 21.0. The Balaban J connectivity index is 1.53. The van der Waals surface area contributed by atoms with Gasteiger partial charge in [-0.2, -0.15) is 0 Å². The zero-order valence-corrected chi connectivity index (χ0v) is 29.1. The monoisotopic (exact) mass is 629 g/mol. The molecular weight excluding hydrogens is 583 g/mol. The van der Waals surface area contributed by atoms with Crippen molar-refractivity contribution in [2.45, 2.75) is 121 Å². The average Bonchev–Trinajstić information content (AvgIpc) is 3.45. The van der Waals surface area contributed by atoms with Crippen LogP contribution in [0, 0.1) is 0 Å². The summed E-state index contributed by atoms with van der Waals surface area (Å²) < 4.78 is 28.3. The molecule has 0 saturated carbocycles. The summed E-state index contributed by atoms with van der Waals surface area (Å²) in [7, 11) is -4.84. The van der Waals surface area contributed by atoms with Crippen molar-refractivity contribution in [1.29, 1.82) is 0 Å². The van der Waals surface area contributed by atoms with Crippen molar-refractivity contribution in [3.8, 4) is 0 Å². The minimum atomic E-state index is -2.43. The van der Waals surface area contributed by atoms with Crippen molar-refractivity contribution >= 4 is 28.2 Å². The topological polar surface area (TPSA) is 115 Å². The molecule has 0 bridgehead atoms. The first-order valence-electron chi connectivity index (χ1n) is 15.2. The predicted molar refractivity (Wildman–Crippen MR) is 171 cm³/mol. The van der Waals surface area contributed by atoms with Crippen molar-refractivity contribution < 1.29 is 23.1 Å². The highest BCUT2D eigenvalue weighted by atomic mass is 28.4. The van der Waals surface area contributed by atoms with Gasteiger partial charge < -0.3 is 23.2 Å². The number of aromatic nitrogens is 2. The zero-order valence-electron chi connectivity index (χ0n) is 27.1. The summed E-state index contributed by atoms with van der Waals surface area (Å²) in [4.78, 5) is 43.0. The van der Waals surface area contributed by atoms with Crippen LogP contribution in [0.25, 0.3) is 0 Å². The molecule has 5 rings (SSSR count). The zero-order chi connectivity index (χ0) is 31.7. The lowest BCUT2D eigenvalue weighted by molar-refractivity contribution is -0.119. The molecule has 10 nitrogen and oxygen atoms in total. The maximum atomic E-state index is 13.8. The van der Waals surface area contributed by atoms with E-state index in [0.29, 0.717) is 6.54 Å². The third-order valence-corrected chi connectivity index (χ3v) is 19.0. The van der Waals surface area contributed by atoms with Crippen LogP contribution in [0.4, 0.5) is 5.69 Å². The highest BCUT2D eigenvalue weighted by Crippen LogP contribution is 2.48. The summed E-state index contributed by atoms with van der Waals surface area (Å²) >= 11 is 0. The molecule has 1 aromatic heterocycles. The average molecular weight is 630 g/mol. The Morgan fingerprint density at radius 1 is 0.884 bits per heavy atom. The molecule has 0 unspecified atom stereocenters. The molecule has 43 heavy (non-hydrogen) atoms. The number of carbonyl (C=O) groups is 1. The first kappa shape index (κ1) is 32.0. The minimum Gasteiger partial charge on any atom is -0.408 e. The number of epoxide rings is 1. The molecular formula is C31H47N3O7Si2. The van der Waals surface area contributed by atoms with E-state index in [0.717, 1.165) is 17.7 Å². The van der Waals surface area contributed by atoms with Gasteiger partial charge in [-0.05, 0) is 54.3 Å². The van der Waals surface area contributed by atoms with Gasteiger partial charge in [-0.25, -0.2) is 4.79 Å². The van der Waals surface area contributed by atoms with E-state index in [1.807, 2.05) is 24.3 Å². The summed E-state index contributed by atoms with van der Waals surface area (Å²) in [5.41, 5.74) is 0.976. The molecule has 4 heterocycles. The summed E-state index contributed by atoms with van der Waals surface area (Å²) in [5.74, 6) is -0.101. The van der Waals surface area contributed by atoms with E-state index < -0.39 is 64.6 Å². The maximum absolute atomic E-state index is 13.8. The number of nitrogens with one attached hydrogen (secondary N) is 1. The number of hydrogen-bond donors (Lipinski definition) is 1. The van der Waals surface area contributed by atoms with Gasteiger partial charge in [-0.15, -0.1) is 0 Å². The molecule has 3 aliphatic heterocycles. The second-order valence-corrected chi connectivity index (χ2v) is 24.6. The number of rotatable bonds is 7. The van der Waals surface area contributed by atoms with Gasteiger partial charge in [0.15, 0.2) is 29.0 Å². The number of ether oxygens (including phenoxy) is 2. The van der Waals surface area contributed by atoms with Crippen molar-refractivity contribution in [2.75, 3.05) is 11.4 Å². The van der Waals surface area contributed by atoms with Crippen LogP contribution < -0.4 is 16.1 Å². The number of hydrogen-bond acceptors (Lipinski definition) is 7. The molecule has 2 aromatic rings. The van der Waals surface area contributed by atoms with Crippen molar-refractivity contribution in [3.05, 3.63) is 62.9 Å². The number of benzene rings is 1. The third kappa shape index (κ3) is 6.01. The molecule has 1 amide bonds. The fourth-order valence-corrected chi connectivity index (χ4v) is 7.95. The summed E-state index contributed by atoms with van der Waals surface area (Å²) in [6.45, 7) is 22.2. The molecule has 12 heteroatoms. The predicted octanol–water partition coefficient (Wildman–Crippen LogP) is 4.57. The van der Waals surface area contributed by atoms with Crippen LogP contribution in [0.2, 0.25) is 36.3 Å². The number of anilines is 1. The number of amides is 1. The van der Waals surface area contributed by atoms with Gasteiger partial charge in [0, 0.05) is 24.5 Å². The molecule has 1 aromatic carbocycles. The van der Waals surface area contributed by atoms with Gasteiger partial charge in [0.2, 0.25) is 0 Å². The van der Waals surface area contributed by atoms with Crippen LogP contribution in [0.1, 0.15) is 53.3 Å². The van der Waals surface area contributed by atoms with Crippen LogP contribution in [-0.4, -0.2) is 69.2 Å². The lowest BCUT2D eigenvalue weighted by atomic mass is 10.1. The standard InChI is InChI=1S/C31H47N3O7Si2/c1-30(2,3)42(7,8)40-24-22(23-25(38-23)27(36)33-17-15-19-13-11-12-14-20(19)33)39-28(34-18-16-21(35)32-29(34)37)26(24)41-43(9,10)31(4,5)6/h11-14,16,18,22-26,28H,15,17H2,1-10H3,(H,32,35,37)/t22-,23-,24-,25-,26-,28-/m1/s1. The second-order valence-electron chi connectivity index (χ2n) is 15.1. The van der Waals surface area contributed by atoms with Gasteiger partial charge in [0.25, 0.3) is 11.5 Å². The Morgan fingerprint density at radius 2 is 1.49 bits per heavy atom. The molecule has 2 saturated heterocycles. The number of fused-ring (bicyclic) bond motifs is 1. The van der Waals surface area contributed by atoms with Crippen molar-refractivity contribution in [3.63, 3.8) is 0 Å². The summed E-state index contributed by atoms with van der Waals surface area (Å²) in [6.07, 6.45) is -1.84. The Bertz CT molecular complexity index is 1490. The molecule has 1 N–H and O–H groups in total. The smallest absolute Gasteiger partial charge is 0.330 e. The maximum Gasteiger partial charge on any atom is 0.330 e. The van der Waals surface area contributed by atoms with Crippen LogP contribution in [0.15, 0.2) is 46.1 Å². The summed E-state index contributed by atoms with van der Waals surface area (Å²) in [5, 5.41) is -0.254. The van der Waals surface area contributed by atoms with Crippen molar-refractivity contribution in [1.82, 2.24) is 9.55 Å². The fraction of sp³-hybridized carbons (Fsp3) is 0.645. The van der Waals surface area contributed by atoms with Gasteiger partial charge in [0.05, 0.1) is 0 Å². The van der Waals surface area contributed by atoms with Gasteiger partial charge in [-0.1, -0.05) is 59.7 Å². The highest BCUT2D eigenvalue weighted by Gasteiger charge is 2.63. The Kier molecular flexibility index (Phi) is 8.14. The fourth-order valence-electron chi connectivity index (χ4n) is 5.37. The summed E-state index contributed by atoms with van der Waals surface area (Å²) in [6, 6.07) is 9.24. The van der Waals surface area contributed by atoms with Crippen LogP contribution in [-0.2, 0) is 29.5 Å². The number of nitrogens with zero attached hydrogens (tertiary/aromatic N) is 2. The van der Waals surface area contributed by atoms with E-state index in [-0.39, 0.29) is 16.0 Å². The van der Waals surface area contributed by atoms with E-state index >= 15 is 0 Å². The van der Waals surface area contributed by atoms with E-state index in [9.17, 15) is 14.4 Å². The number of para-hydroxylation sites is 1. The molecule has 0 spiro atoms. The third-order valence-electron chi connectivity index (χ3n) is 10.1. The second kappa shape index (κ2) is 10.9. The Labute approximate surface area is 255 Å². The number of aromatic amines is 1. The largest absolute Gasteiger partial charge is 0.408 e. The SMILES string of the molecule is CC(C)(C)[Si](C)(C)O[C@@H]1[C@@H]([C@H]2O[C@H]2C(=O)N2CCc3ccccc32)O[C@@H](n2ccc(=O)[nH]c2=O)[C@@H]1O[Si](C)(C)C(C)(C)C. The Morgan fingerprint density at radius 3 is 2.09 bits per heavy atom. The van der Waals surface area contributed by atoms with Gasteiger partial charge >= 0.3 is 5.69 Å². The molecule has 0 radical (unpaired) electrons. The molecule has 2 fully saturated rings. The van der Waals surface area contributed by atoms with E-state index in [1.54, 1.807) is 4.90 Å². The Hall–Kier alpha value is -2.36. The number of carbonyl (C=O) groups excluding carboxylic acids is 1. The van der Waals surface area contributed by atoms with Gasteiger partial charge in [-0.3, -0.25) is 19.1 Å². The molecule has 0 aliphatic carbocycles. The number of H-pyrrole nitrogens is 1. The van der Waals surface area contributed by atoms with Crippen LogP contribution in [0.3, 0.4) is 0 Å². The van der Waals surface area contributed by atoms with Crippen molar-refractivity contribution in [2.24, 2.45) is 0 Å². The molecule has 236 valence electrons. The van der Waals surface area contributed by atoms with Gasteiger partial charge in [0.1, 0.15) is 24.4 Å². The van der Waals surface area contributed by atoms with E-state index in [2.05, 4.69) is 72.7 Å². The minimum absolute atomic E-state index is 0.101. The first-order chi connectivity index (χ1) is 19.8. The van der Waals surface area contributed by atoms with E-state index in [4.69, 9.17) is 18.3 Å². The molecule has 6 atom stereocenters.